The Morgan fingerprint density at radius 1 is 1.21 bits per heavy atom. The summed E-state index contributed by atoms with van der Waals surface area (Å²) in [6, 6.07) is 14.9. The van der Waals surface area contributed by atoms with Crippen LogP contribution in [-0.2, 0) is 13.5 Å². The fraction of sp³-hybridized carbons (Fsp3) is 0.263. The maximum atomic E-state index is 5.53. The minimum atomic E-state index is 0.239. The summed E-state index contributed by atoms with van der Waals surface area (Å²) in [7, 11) is 2.01. The van der Waals surface area contributed by atoms with Crippen LogP contribution in [0.25, 0.3) is 10.8 Å². The van der Waals surface area contributed by atoms with E-state index in [1.165, 1.54) is 22.0 Å². The minimum Gasteiger partial charge on any atom is -0.356 e. The summed E-state index contributed by atoms with van der Waals surface area (Å²) in [4.78, 5) is 0. The van der Waals surface area contributed by atoms with Crippen LogP contribution in [0.1, 0.15) is 30.1 Å². The van der Waals surface area contributed by atoms with Gasteiger partial charge in [-0.1, -0.05) is 30.3 Å². The van der Waals surface area contributed by atoms with Gasteiger partial charge in [-0.15, -0.1) is 0 Å². The van der Waals surface area contributed by atoms with Crippen molar-refractivity contribution in [2.45, 2.75) is 25.3 Å². The van der Waals surface area contributed by atoms with E-state index in [-0.39, 0.29) is 6.04 Å². The summed E-state index contributed by atoms with van der Waals surface area (Å²) >= 11 is 5.53. The maximum absolute atomic E-state index is 5.53. The lowest BCUT2D eigenvalue weighted by molar-refractivity contribution is 0.514. The Hall–Kier alpha value is -2.40. The minimum absolute atomic E-state index is 0.239. The van der Waals surface area contributed by atoms with E-state index in [1.54, 1.807) is 0 Å². The maximum Gasteiger partial charge on any atom is 0.171 e. The van der Waals surface area contributed by atoms with Crippen LogP contribution in [0.5, 0.6) is 0 Å². The molecule has 0 amide bonds. The van der Waals surface area contributed by atoms with E-state index in [4.69, 9.17) is 12.2 Å². The highest BCUT2D eigenvalue weighted by atomic mass is 32.1. The van der Waals surface area contributed by atoms with E-state index < -0.39 is 0 Å². The van der Waals surface area contributed by atoms with Crippen LogP contribution >= 0.6 is 12.2 Å². The molecule has 5 heteroatoms. The Morgan fingerprint density at radius 2 is 2.04 bits per heavy atom. The molecule has 1 heterocycles. The first-order chi connectivity index (χ1) is 11.7. The molecule has 122 valence electrons. The number of rotatable bonds is 2. The van der Waals surface area contributed by atoms with Crippen LogP contribution in [0.4, 0.5) is 5.69 Å². The monoisotopic (exact) mass is 336 g/mol. The van der Waals surface area contributed by atoms with Crippen LogP contribution in [0.3, 0.4) is 0 Å². The number of hydrogen-bond donors (Lipinski definition) is 2. The Balaban J connectivity index is 1.48. The van der Waals surface area contributed by atoms with Gasteiger partial charge in [0, 0.05) is 24.0 Å². The molecule has 0 bridgehead atoms. The zero-order chi connectivity index (χ0) is 16.5. The molecule has 3 aromatic rings. The first kappa shape index (κ1) is 15.1. The van der Waals surface area contributed by atoms with Crippen molar-refractivity contribution in [1.29, 1.82) is 0 Å². The molecule has 1 atom stereocenters. The zero-order valence-electron chi connectivity index (χ0n) is 13.6. The van der Waals surface area contributed by atoms with Gasteiger partial charge in [-0.05, 0) is 54.4 Å². The van der Waals surface area contributed by atoms with Crippen molar-refractivity contribution in [2.75, 3.05) is 5.32 Å². The van der Waals surface area contributed by atoms with Crippen molar-refractivity contribution in [3.63, 3.8) is 0 Å². The molecule has 2 aromatic carbocycles. The molecule has 0 saturated carbocycles. The number of aromatic nitrogens is 2. The second-order valence-electron chi connectivity index (χ2n) is 6.28. The Bertz CT molecular complexity index is 899. The number of anilines is 1. The van der Waals surface area contributed by atoms with Gasteiger partial charge in [-0.2, -0.15) is 5.10 Å². The molecule has 0 unspecified atom stereocenters. The molecule has 2 N–H and O–H groups in total. The van der Waals surface area contributed by atoms with E-state index in [1.807, 2.05) is 17.9 Å². The highest BCUT2D eigenvalue weighted by Gasteiger charge is 2.23. The van der Waals surface area contributed by atoms with E-state index in [2.05, 4.69) is 58.2 Å². The van der Waals surface area contributed by atoms with E-state index in [9.17, 15) is 0 Å². The molecule has 0 spiro atoms. The van der Waals surface area contributed by atoms with Crippen molar-refractivity contribution in [3.05, 3.63) is 59.9 Å². The lowest BCUT2D eigenvalue weighted by atomic mass is 9.93. The summed E-state index contributed by atoms with van der Waals surface area (Å²) in [5.74, 6) is 0. The third kappa shape index (κ3) is 2.87. The van der Waals surface area contributed by atoms with Gasteiger partial charge >= 0.3 is 0 Å². The number of aryl methyl sites for hydroxylation is 1. The SMILES string of the molecule is Cn1ncc2c1CCC[C@H]2NC(=S)Nc1ccc2ccccc2c1. The summed E-state index contributed by atoms with van der Waals surface area (Å²) in [5.41, 5.74) is 3.59. The van der Waals surface area contributed by atoms with Gasteiger partial charge in [0.15, 0.2) is 5.11 Å². The predicted octanol–water partition coefficient (Wildman–Crippen LogP) is 3.94. The second-order valence-corrected chi connectivity index (χ2v) is 6.68. The molecule has 4 nitrogen and oxygen atoms in total. The molecule has 24 heavy (non-hydrogen) atoms. The topological polar surface area (TPSA) is 41.9 Å². The fourth-order valence-corrected chi connectivity index (χ4v) is 3.71. The van der Waals surface area contributed by atoms with Crippen LogP contribution in [0, 0.1) is 0 Å². The summed E-state index contributed by atoms with van der Waals surface area (Å²) in [5, 5.41) is 14.2. The molecule has 1 aliphatic rings. The predicted molar refractivity (Wildman–Crippen MR) is 102 cm³/mol. The summed E-state index contributed by atoms with van der Waals surface area (Å²) in [6.07, 6.45) is 5.29. The summed E-state index contributed by atoms with van der Waals surface area (Å²) in [6.45, 7) is 0. The highest BCUT2D eigenvalue weighted by molar-refractivity contribution is 7.80. The number of benzene rings is 2. The van der Waals surface area contributed by atoms with Crippen molar-refractivity contribution >= 4 is 33.8 Å². The first-order valence-corrected chi connectivity index (χ1v) is 8.68. The molecule has 0 fully saturated rings. The van der Waals surface area contributed by atoms with Gasteiger partial charge in [-0.3, -0.25) is 4.68 Å². The van der Waals surface area contributed by atoms with Crippen molar-refractivity contribution in [2.24, 2.45) is 7.05 Å². The third-order valence-electron chi connectivity index (χ3n) is 4.69. The van der Waals surface area contributed by atoms with Crippen LogP contribution < -0.4 is 10.6 Å². The number of fused-ring (bicyclic) bond motifs is 2. The molecule has 1 aliphatic carbocycles. The smallest absolute Gasteiger partial charge is 0.171 e. The van der Waals surface area contributed by atoms with Gasteiger partial charge in [0.1, 0.15) is 0 Å². The highest BCUT2D eigenvalue weighted by Crippen LogP contribution is 2.29. The van der Waals surface area contributed by atoms with Gasteiger partial charge < -0.3 is 10.6 Å². The first-order valence-electron chi connectivity index (χ1n) is 8.28. The molecule has 0 radical (unpaired) electrons. The molecule has 4 rings (SSSR count). The Kier molecular flexibility index (Phi) is 3.94. The number of nitrogens with zero attached hydrogens (tertiary/aromatic N) is 2. The Morgan fingerprint density at radius 3 is 2.92 bits per heavy atom. The van der Waals surface area contributed by atoms with E-state index in [0.717, 1.165) is 24.9 Å². The summed E-state index contributed by atoms with van der Waals surface area (Å²) < 4.78 is 1.98. The number of nitrogens with one attached hydrogen (secondary N) is 2. The molecule has 0 aliphatic heterocycles. The number of thiocarbonyl (C=S) groups is 1. The average Bonchev–Trinajstić information content (AvgIpc) is 2.97. The largest absolute Gasteiger partial charge is 0.356 e. The van der Waals surface area contributed by atoms with Crippen molar-refractivity contribution in [1.82, 2.24) is 15.1 Å². The van der Waals surface area contributed by atoms with Crippen molar-refractivity contribution < 1.29 is 0 Å². The standard InChI is InChI=1S/C19H20N4S/c1-23-18-8-4-7-17(16(18)12-20-23)22-19(24)21-15-10-9-13-5-2-3-6-14(13)11-15/h2-3,5-6,9-12,17H,4,7-8H2,1H3,(H2,21,22,24)/t17-/m1/s1. The Labute approximate surface area is 146 Å². The van der Waals surface area contributed by atoms with Crippen LogP contribution in [0.2, 0.25) is 0 Å². The van der Waals surface area contributed by atoms with Gasteiger partial charge in [0.25, 0.3) is 0 Å². The third-order valence-corrected chi connectivity index (χ3v) is 4.91. The molecular weight excluding hydrogens is 316 g/mol. The van der Waals surface area contributed by atoms with Crippen molar-refractivity contribution in [3.8, 4) is 0 Å². The van der Waals surface area contributed by atoms with Gasteiger partial charge in [0.2, 0.25) is 0 Å². The normalized spacial score (nSPS) is 16.6. The fourth-order valence-electron chi connectivity index (χ4n) is 3.45. The van der Waals surface area contributed by atoms with Gasteiger partial charge in [0.05, 0.1) is 12.2 Å². The molecule has 1 aromatic heterocycles. The quantitative estimate of drug-likeness (QED) is 0.696. The van der Waals surface area contributed by atoms with E-state index >= 15 is 0 Å². The average molecular weight is 336 g/mol. The lowest BCUT2D eigenvalue weighted by Crippen LogP contribution is -2.34. The van der Waals surface area contributed by atoms with Crippen LogP contribution in [0.15, 0.2) is 48.7 Å². The number of hydrogen-bond acceptors (Lipinski definition) is 2. The zero-order valence-corrected chi connectivity index (χ0v) is 14.4. The van der Waals surface area contributed by atoms with Gasteiger partial charge in [-0.25, -0.2) is 0 Å². The second kappa shape index (κ2) is 6.24. The molecular formula is C19H20N4S. The van der Waals surface area contributed by atoms with Crippen LogP contribution in [-0.4, -0.2) is 14.9 Å². The lowest BCUT2D eigenvalue weighted by Gasteiger charge is -2.25. The van der Waals surface area contributed by atoms with E-state index in [0.29, 0.717) is 5.11 Å². The molecule has 0 saturated heterocycles.